The van der Waals surface area contributed by atoms with Crippen LogP contribution < -0.4 is 5.32 Å². The van der Waals surface area contributed by atoms with Gasteiger partial charge in [-0.2, -0.15) is 5.10 Å². The zero-order valence-corrected chi connectivity index (χ0v) is 18.4. The summed E-state index contributed by atoms with van der Waals surface area (Å²) >= 11 is 1.33. The summed E-state index contributed by atoms with van der Waals surface area (Å²) in [4.78, 5) is 26.2. The van der Waals surface area contributed by atoms with Gasteiger partial charge in [-0.1, -0.05) is 44.9 Å². The van der Waals surface area contributed by atoms with Gasteiger partial charge < -0.3 is 10.1 Å². The van der Waals surface area contributed by atoms with Crippen molar-refractivity contribution in [3.63, 3.8) is 0 Å². The highest BCUT2D eigenvalue weighted by molar-refractivity contribution is 7.20. The van der Waals surface area contributed by atoms with Crippen LogP contribution in [0, 0.1) is 18.8 Å². The first-order valence-electron chi connectivity index (χ1n) is 10.4. The highest BCUT2D eigenvalue weighted by Crippen LogP contribution is 2.31. The lowest BCUT2D eigenvalue weighted by molar-refractivity contribution is -0.125. The Morgan fingerprint density at radius 1 is 1.23 bits per heavy atom. The molecule has 1 aliphatic rings. The maximum absolute atomic E-state index is 12.6. The first kappa shape index (κ1) is 20.6. The number of nitrogens with one attached hydrogen (secondary N) is 1. The molecule has 3 aromatic rings. The van der Waals surface area contributed by atoms with E-state index in [-0.39, 0.29) is 18.6 Å². The first-order valence-corrected chi connectivity index (χ1v) is 11.3. The SMILES string of the molecule is Cc1nn(-c2ccccc2)c2sc(C(=O)OCC(=O)NC3CCCC(C)C3C)cc12. The largest absolute Gasteiger partial charge is 0.451 e. The van der Waals surface area contributed by atoms with Crippen molar-refractivity contribution in [3.05, 3.63) is 47.0 Å². The molecule has 1 fully saturated rings. The Morgan fingerprint density at radius 3 is 2.77 bits per heavy atom. The molecule has 30 heavy (non-hydrogen) atoms. The van der Waals surface area contributed by atoms with Gasteiger partial charge in [0.05, 0.1) is 11.4 Å². The minimum Gasteiger partial charge on any atom is -0.451 e. The zero-order valence-electron chi connectivity index (χ0n) is 17.6. The number of hydrogen-bond acceptors (Lipinski definition) is 5. The van der Waals surface area contributed by atoms with Gasteiger partial charge in [-0.15, -0.1) is 11.3 Å². The van der Waals surface area contributed by atoms with Crippen LogP contribution in [0.2, 0.25) is 0 Å². The van der Waals surface area contributed by atoms with Crippen LogP contribution in [0.4, 0.5) is 0 Å². The standard InChI is InChI=1S/C23H27N3O3S/c1-14-8-7-11-19(15(14)2)24-21(27)13-29-23(28)20-12-18-16(3)25-26(22(18)30-20)17-9-5-4-6-10-17/h4-6,9-10,12,14-15,19H,7-8,11,13H2,1-3H3,(H,24,27). The number of carbonyl (C=O) groups excluding carboxylic acids is 2. The molecular formula is C23H27N3O3S. The van der Waals surface area contributed by atoms with Gasteiger partial charge in [-0.05, 0) is 43.4 Å². The molecular weight excluding hydrogens is 398 g/mol. The number of carbonyl (C=O) groups is 2. The molecule has 1 aromatic carbocycles. The van der Waals surface area contributed by atoms with E-state index >= 15 is 0 Å². The molecule has 2 heterocycles. The molecule has 158 valence electrons. The van der Waals surface area contributed by atoms with E-state index < -0.39 is 5.97 Å². The molecule has 3 unspecified atom stereocenters. The molecule has 0 spiro atoms. The second-order valence-corrected chi connectivity index (χ2v) is 9.21. The maximum atomic E-state index is 12.6. The van der Waals surface area contributed by atoms with E-state index in [0.29, 0.717) is 16.7 Å². The van der Waals surface area contributed by atoms with Crippen LogP contribution in [-0.2, 0) is 9.53 Å². The predicted molar refractivity (Wildman–Crippen MR) is 118 cm³/mol. The van der Waals surface area contributed by atoms with E-state index in [0.717, 1.165) is 34.4 Å². The summed E-state index contributed by atoms with van der Waals surface area (Å²) in [6.07, 6.45) is 3.31. The normalized spacial score (nSPS) is 21.5. The van der Waals surface area contributed by atoms with Crippen molar-refractivity contribution >= 4 is 33.4 Å². The summed E-state index contributed by atoms with van der Waals surface area (Å²) in [6, 6.07) is 11.8. The molecule has 1 N–H and O–H groups in total. The number of para-hydroxylation sites is 1. The van der Waals surface area contributed by atoms with E-state index in [1.807, 2.05) is 41.9 Å². The minimum atomic E-state index is -0.476. The van der Waals surface area contributed by atoms with Gasteiger partial charge in [-0.3, -0.25) is 4.79 Å². The van der Waals surface area contributed by atoms with Crippen molar-refractivity contribution in [1.29, 1.82) is 0 Å². The van der Waals surface area contributed by atoms with Gasteiger partial charge in [0.1, 0.15) is 9.71 Å². The van der Waals surface area contributed by atoms with E-state index in [1.54, 1.807) is 6.07 Å². The van der Waals surface area contributed by atoms with Crippen LogP contribution in [-0.4, -0.2) is 34.3 Å². The molecule has 4 rings (SSSR count). The molecule has 1 amide bonds. The highest BCUT2D eigenvalue weighted by atomic mass is 32.1. The number of nitrogens with zero attached hydrogens (tertiary/aromatic N) is 2. The number of thiophene rings is 1. The van der Waals surface area contributed by atoms with Crippen LogP contribution in [0.3, 0.4) is 0 Å². The number of benzene rings is 1. The third-order valence-corrected chi connectivity index (χ3v) is 7.22. The number of hydrogen-bond donors (Lipinski definition) is 1. The lowest BCUT2D eigenvalue weighted by Crippen LogP contribution is -2.45. The van der Waals surface area contributed by atoms with Crippen LogP contribution in [0.25, 0.3) is 15.9 Å². The minimum absolute atomic E-state index is 0.156. The van der Waals surface area contributed by atoms with Crippen molar-refractivity contribution < 1.29 is 14.3 Å². The molecule has 1 aliphatic carbocycles. The van der Waals surface area contributed by atoms with Crippen molar-refractivity contribution in [2.24, 2.45) is 11.8 Å². The third kappa shape index (κ3) is 4.12. The predicted octanol–water partition coefficient (Wildman–Crippen LogP) is 4.49. The second-order valence-electron chi connectivity index (χ2n) is 8.18. The fourth-order valence-electron chi connectivity index (χ4n) is 4.13. The molecule has 0 bridgehead atoms. The number of esters is 1. The van der Waals surface area contributed by atoms with Crippen LogP contribution in [0.1, 0.15) is 48.5 Å². The lowest BCUT2D eigenvalue weighted by Gasteiger charge is -2.34. The Bertz CT molecular complexity index is 1060. The molecule has 0 saturated heterocycles. The maximum Gasteiger partial charge on any atom is 0.348 e. The summed E-state index contributed by atoms with van der Waals surface area (Å²) in [5.41, 5.74) is 1.79. The number of amides is 1. The van der Waals surface area contributed by atoms with Gasteiger partial charge in [-0.25, -0.2) is 9.48 Å². The molecule has 0 aliphatic heterocycles. The van der Waals surface area contributed by atoms with Gasteiger partial charge in [0.2, 0.25) is 0 Å². The number of rotatable bonds is 5. The smallest absolute Gasteiger partial charge is 0.348 e. The lowest BCUT2D eigenvalue weighted by atomic mass is 9.78. The Labute approximate surface area is 180 Å². The van der Waals surface area contributed by atoms with Crippen LogP contribution in [0.15, 0.2) is 36.4 Å². The summed E-state index contributed by atoms with van der Waals surface area (Å²) in [5.74, 6) is 0.319. The Kier molecular flexibility index (Phi) is 5.90. The topological polar surface area (TPSA) is 73.2 Å². The van der Waals surface area contributed by atoms with Crippen molar-refractivity contribution in [1.82, 2.24) is 15.1 Å². The average Bonchev–Trinajstić information content (AvgIpc) is 3.31. The Morgan fingerprint density at radius 2 is 2.00 bits per heavy atom. The molecule has 3 atom stereocenters. The molecule has 6 nitrogen and oxygen atoms in total. The summed E-state index contributed by atoms with van der Waals surface area (Å²) in [6.45, 7) is 6.07. The molecule has 0 radical (unpaired) electrons. The number of aromatic nitrogens is 2. The van der Waals surface area contributed by atoms with Crippen LogP contribution >= 0.6 is 11.3 Å². The van der Waals surface area contributed by atoms with E-state index in [2.05, 4.69) is 24.3 Å². The van der Waals surface area contributed by atoms with Crippen molar-refractivity contribution in [2.45, 2.75) is 46.1 Å². The van der Waals surface area contributed by atoms with Crippen molar-refractivity contribution in [2.75, 3.05) is 6.61 Å². The Hall–Kier alpha value is -2.67. The summed E-state index contributed by atoms with van der Waals surface area (Å²) < 4.78 is 7.15. The average molecular weight is 426 g/mol. The first-order chi connectivity index (χ1) is 14.4. The molecule has 1 saturated carbocycles. The molecule has 7 heteroatoms. The number of fused-ring (bicyclic) bond motifs is 1. The van der Waals surface area contributed by atoms with E-state index in [1.165, 1.54) is 17.8 Å². The van der Waals surface area contributed by atoms with Gasteiger partial charge >= 0.3 is 5.97 Å². The quantitative estimate of drug-likeness (QED) is 0.611. The summed E-state index contributed by atoms with van der Waals surface area (Å²) in [5, 5.41) is 8.55. The van der Waals surface area contributed by atoms with E-state index in [9.17, 15) is 9.59 Å². The van der Waals surface area contributed by atoms with E-state index in [4.69, 9.17) is 4.74 Å². The fourth-order valence-corrected chi connectivity index (χ4v) is 5.21. The highest BCUT2D eigenvalue weighted by Gasteiger charge is 2.28. The van der Waals surface area contributed by atoms with Crippen LogP contribution in [0.5, 0.6) is 0 Å². The summed E-state index contributed by atoms with van der Waals surface area (Å²) in [7, 11) is 0. The Balaban J connectivity index is 1.42. The van der Waals surface area contributed by atoms with Gasteiger partial charge in [0.25, 0.3) is 5.91 Å². The van der Waals surface area contributed by atoms with Gasteiger partial charge in [0.15, 0.2) is 6.61 Å². The zero-order chi connectivity index (χ0) is 21.3. The number of aryl methyl sites for hydroxylation is 1. The second kappa shape index (κ2) is 8.60. The third-order valence-electron chi connectivity index (χ3n) is 6.13. The monoisotopic (exact) mass is 425 g/mol. The van der Waals surface area contributed by atoms with Gasteiger partial charge in [0, 0.05) is 11.4 Å². The van der Waals surface area contributed by atoms with Crippen molar-refractivity contribution in [3.8, 4) is 5.69 Å². The molecule has 2 aromatic heterocycles. The fraction of sp³-hybridized carbons (Fsp3) is 0.435. The number of ether oxygens (including phenoxy) is 1.